The summed E-state index contributed by atoms with van der Waals surface area (Å²) in [6, 6.07) is 16.7. The number of benzene rings is 2. The highest BCUT2D eigenvalue weighted by Gasteiger charge is 2.06. The van der Waals surface area contributed by atoms with Crippen LogP contribution in [0.25, 0.3) is 0 Å². The van der Waals surface area contributed by atoms with Crippen molar-refractivity contribution in [1.29, 1.82) is 0 Å². The second-order valence-corrected chi connectivity index (χ2v) is 5.36. The van der Waals surface area contributed by atoms with E-state index in [-0.39, 0.29) is 11.8 Å². The zero-order valence-electron chi connectivity index (χ0n) is 13.7. The van der Waals surface area contributed by atoms with Crippen molar-refractivity contribution in [2.45, 2.75) is 12.8 Å². The van der Waals surface area contributed by atoms with Crippen molar-refractivity contribution in [3.05, 3.63) is 65.7 Å². The van der Waals surface area contributed by atoms with Crippen LogP contribution in [0.4, 0.5) is 5.69 Å². The second kappa shape index (κ2) is 9.47. The average Bonchev–Trinajstić information content (AvgIpc) is 2.61. The van der Waals surface area contributed by atoms with Crippen molar-refractivity contribution in [3.8, 4) is 0 Å². The van der Waals surface area contributed by atoms with Crippen molar-refractivity contribution >= 4 is 17.5 Å². The Morgan fingerprint density at radius 3 is 2.38 bits per heavy atom. The molecule has 0 spiro atoms. The van der Waals surface area contributed by atoms with Crippen molar-refractivity contribution in [2.24, 2.45) is 0 Å². The number of carbonyl (C=O) groups excluding carboxylic acids is 2. The number of ether oxygens (including phenoxy) is 1. The van der Waals surface area contributed by atoms with E-state index in [0.29, 0.717) is 37.2 Å². The average molecular weight is 326 g/mol. The van der Waals surface area contributed by atoms with Gasteiger partial charge in [0.25, 0.3) is 5.91 Å². The monoisotopic (exact) mass is 326 g/mol. The third-order valence-electron chi connectivity index (χ3n) is 3.51. The summed E-state index contributed by atoms with van der Waals surface area (Å²) in [6.45, 7) is 0.939. The smallest absolute Gasteiger partial charge is 0.251 e. The molecule has 2 N–H and O–H groups in total. The first kappa shape index (κ1) is 17.7. The summed E-state index contributed by atoms with van der Waals surface area (Å²) >= 11 is 0. The van der Waals surface area contributed by atoms with Crippen molar-refractivity contribution in [1.82, 2.24) is 5.32 Å². The number of carbonyl (C=O) groups is 2. The first-order chi connectivity index (χ1) is 11.7. The fraction of sp³-hybridized carbons (Fsp3) is 0.263. The quantitative estimate of drug-likeness (QED) is 0.733. The maximum Gasteiger partial charge on any atom is 0.251 e. The molecule has 0 radical (unpaired) electrons. The van der Waals surface area contributed by atoms with Gasteiger partial charge in [-0.15, -0.1) is 0 Å². The molecule has 0 aliphatic heterocycles. The Bertz CT molecular complexity index is 654. The van der Waals surface area contributed by atoms with Gasteiger partial charge in [-0.05, 0) is 36.2 Å². The molecule has 0 unspecified atom stereocenters. The Morgan fingerprint density at radius 2 is 1.71 bits per heavy atom. The summed E-state index contributed by atoms with van der Waals surface area (Å²) in [5.41, 5.74) is 2.37. The van der Waals surface area contributed by atoms with Gasteiger partial charge >= 0.3 is 0 Å². The molecule has 0 saturated carbocycles. The van der Waals surface area contributed by atoms with Crippen LogP contribution in [0.1, 0.15) is 22.3 Å². The minimum absolute atomic E-state index is 0.0452. The molecular weight excluding hydrogens is 304 g/mol. The molecule has 126 valence electrons. The molecule has 0 atom stereocenters. The van der Waals surface area contributed by atoms with Gasteiger partial charge < -0.3 is 15.4 Å². The number of hydrogen-bond donors (Lipinski definition) is 2. The first-order valence-corrected chi connectivity index (χ1v) is 7.90. The highest BCUT2D eigenvalue weighted by atomic mass is 16.5. The number of aryl methyl sites for hydroxylation is 1. The molecule has 0 aliphatic carbocycles. The molecule has 0 aliphatic rings. The molecule has 0 fully saturated rings. The van der Waals surface area contributed by atoms with Gasteiger partial charge in [-0.3, -0.25) is 9.59 Å². The summed E-state index contributed by atoms with van der Waals surface area (Å²) in [5.74, 6) is -0.204. The van der Waals surface area contributed by atoms with E-state index in [0.717, 1.165) is 5.56 Å². The van der Waals surface area contributed by atoms with Gasteiger partial charge in [0.2, 0.25) is 5.91 Å². The van der Waals surface area contributed by atoms with E-state index in [1.165, 1.54) is 0 Å². The zero-order chi connectivity index (χ0) is 17.2. The third kappa shape index (κ3) is 5.85. The SMILES string of the molecule is COCCNC(=O)c1ccc(NC(=O)CCc2ccccc2)cc1. The number of hydrogen-bond acceptors (Lipinski definition) is 3. The molecule has 2 amide bonds. The standard InChI is InChI=1S/C19H22N2O3/c1-24-14-13-20-19(23)16-8-10-17(11-9-16)21-18(22)12-7-15-5-3-2-4-6-15/h2-6,8-11H,7,12-14H2,1H3,(H,20,23)(H,21,22). The fourth-order valence-corrected chi connectivity index (χ4v) is 2.20. The van der Waals surface area contributed by atoms with E-state index in [4.69, 9.17) is 4.74 Å². The predicted octanol–water partition coefficient (Wildman–Crippen LogP) is 2.63. The molecule has 0 bridgehead atoms. The van der Waals surface area contributed by atoms with Crippen LogP contribution in [0.5, 0.6) is 0 Å². The molecule has 24 heavy (non-hydrogen) atoms. The van der Waals surface area contributed by atoms with Gasteiger partial charge in [-0.2, -0.15) is 0 Å². The van der Waals surface area contributed by atoms with E-state index in [9.17, 15) is 9.59 Å². The maximum absolute atomic E-state index is 12.0. The fourth-order valence-electron chi connectivity index (χ4n) is 2.20. The maximum atomic E-state index is 12.0. The van der Waals surface area contributed by atoms with E-state index in [1.807, 2.05) is 30.3 Å². The lowest BCUT2D eigenvalue weighted by Gasteiger charge is -2.07. The Hall–Kier alpha value is -2.66. The van der Waals surface area contributed by atoms with Crippen LogP contribution in [-0.2, 0) is 16.0 Å². The third-order valence-corrected chi connectivity index (χ3v) is 3.51. The van der Waals surface area contributed by atoms with E-state index in [1.54, 1.807) is 31.4 Å². The van der Waals surface area contributed by atoms with Crippen LogP contribution in [0.3, 0.4) is 0 Å². The summed E-state index contributed by atoms with van der Waals surface area (Å²) in [4.78, 5) is 23.8. The Morgan fingerprint density at radius 1 is 1.00 bits per heavy atom. The Labute approximate surface area is 142 Å². The molecular formula is C19H22N2O3. The van der Waals surface area contributed by atoms with E-state index >= 15 is 0 Å². The van der Waals surface area contributed by atoms with Crippen LogP contribution < -0.4 is 10.6 Å². The minimum Gasteiger partial charge on any atom is -0.383 e. The number of rotatable bonds is 8. The molecule has 5 nitrogen and oxygen atoms in total. The normalized spacial score (nSPS) is 10.2. The van der Waals surface area contributed by atoms with Gasteiger partial charge in [0.05, 0.1) is 6.61 Å². The minimum atomic E-state index is -0.158. The number of amides is 2. The van der Waals surface area contributed by atoms with Crippen molar-refractivity contribution in [3.63, 3.8) is 0 Å². The molecule has 2 aromatic carbocycles. The van der Waals surface area contributed by atoms with Crippen LogP contribution in [0, 0.1) is 0 Å². The van der Waals surface area contributed by atoms with Crippen LogP contribution in [0.2, 0.25) is 0 Å². The lowest BCUT2D eigenvalue weighted by atomic mass is 10.1. The van der Waals surface area contributed by atoms with Gasteiger partial charge in [0.15, 0.2) is 0 Å². The van der Waals surface area contributed by atoms with Crippen LogP contribution >= 0.6 is 0 Å². The number of nitrogens with one attached hydrogen (secondary N) is 2. The highest BCUT2D eigenvalue weighted by molar-refractivity contribution is 5.95. The molecule has 2 rings (SSSR count). The number of anilines is 1. The van der Waals surface area contributed by atoms with Crippen LogP contribution in [-0.4, -0.2) is 32.1 Å². The Balaban J connectivity index is 1.80. The summed E-state index contributed by atoms with van der Waals surface area (Å²) in [5, 5.41) is 5.59. The van der Waals surface area contributed by atoms with E-state index < -0.39 is 0 Å². The van der Waals surface area contributed by atoms with Crippen molar-refractivity contribution < 1.29 is 14.3 Å². The van der Waals surface area contributed by atoms with E-state index in [2.05, 4.69) is 10.6 Å². The predicted molar refractivity (Wildman–Crippen MR) is 94.0 cm³/mol. The lowest BCUT2D eigenvalue weighted by molar-refractivity contribution is -0.116. The molecule has 0 saturated heterocycles. The molecule has 0 heterocycles. The molecule has 2 aromatic rings. The first-order valence-electron chi connectivity index (χ1n) is 7.90. The topological polar surface area (TPSA) is 67.4 Å². The zero-order valence-corrected chi connectivity index (χ0v) is 13.7. The molecule has 5 heteroatoms. The van der Waals surface area contributed by atoms with Gasteiger partial charge in [0, 0.05) is 31.3 Å². The van der Waals surface area contributed by atoms with Crippen LogP contribution in [0.15, 0.2) is 54.6 Å². The molecule has 0 aromatic heterocycles. The highest BCUT2D eigenvalue weighted by Crippen LogP contribution is 2.11. The summed E-state index contributed by atoms with van der Waals surface area (Å²) < 4.78 is 4.88. The van der Waals surface area contributed by atoms with Gasteiger partial charge in [0.1, 0.15) is 0 Å². The second-order valence-electron chi connectivity index (χ2n) is 5.36. The Kier molecular flexibility index (Phi) is 6.98. The van der Waals surface area contributed by atoms with Gasteiger partial charge in [-0.1, -0.05) is 30.3 Å². The summed E-state index contributed by atoms with van der Waals surface area (Å²) in [6.07, 6.45) is 1.12. The summed E-state index contributed by atoms with van der Waals surface area (Å²) in [7, 11) is 1.58. The van der Waals surface area contributed by atoms with Gasteiger partial charge in [-0.25, -0.2) is 0 Å². The van der Waals surface area contributed by atoms with Crippen molar-refractivity contribution in [2.75, 3.05) is 25.6 Å². The largest absolute Gasteiger partial charge is 0.383 e. The number of methoxy groups -OCH3 is 1. The lowest BCUT2D eigenvalue weighted by Crippen LogP contribution is -2.26.